The molecule has 6 heteroatoms. The highest BCUT2D eigenvalue weighted by Gasteiger charge is 2.11. The second-order valence-corrected chi connectivity index (χ2v) is 7.00. The zero-order valence-electron chi connectivity index (χ0n) is 17.9. The molecule has 0 bridgehead atoms. The Morgan fingerprint density at radius 3 is 2.34 bits per heavy atom. The van der Waals surface area contributed by atoms with E-state index in [1.807, 2.05) is 30.3 Å². The number of anilines is 1. The molecule has 0 aliphatic carbocycles. The fourth-order valence-corrected chi connectivity index (χ4v) is 2.97. The number of methoxy groups -OCH3 is 1. The molecule has 0 fully saturated rings. The third-order valence-corrected chi connectivity index (χ3v) is 4.79. The van der Waals surface area contributed by atoms with Crippen LogP contribution in [0.5, 0.6) is 11.5 Å². The molecule has 0 aromatic heterocycles. The Kier molecular flexibility index (Phi) is 7.60. The number of hydrogen-bond donors (Lipinski definition) is 1. The average molecular weight is 430 g/mol. The van der Waals surface area contributed by atoms with E-state index in [-0.39, 0.29) is 18.0 Å². The Labute approximate surface area is 186 Å². The van der Waals surface area contributed by atoms with Gasteiger partial charge >= 0.3 is 0 Å². The van der Waals surface area contributed by atoms with E-state index in [1.165, 1.54) is 25.3 Å². The molecular formula is C26H23FN2O3. The molecule has 32 heavy (non-hydrogen) atoms. The highest BCUT2D eigenvalue weighted by atomic mass is 19.1. The summed E-state index contributed by atoms with van der Waals surface area (Å²) in [4.78, 5) is 12.5. The van der Waals surface area contributed by atoms with Crippen molar-refractivity contribution in [3.8, 4) is 17.6 Å². The van der Waals surface area contributed by atoms with Crippen LogP contribution in [0.2, 0.25) is 0 Å². The van der Waals surface area contributed by atoms with Crippen LogP contribution >= 0.6 is 0 Å². The van der Waals surface area contributed by atoms with E-state index in [4.69, 9.17) is 9.47 Å². The predicted molar refractivity (Wildman–Crippen MR) is 122 cm³/mol. The summed E-state index contributed by atoms with van der Waals surface area (Å²) in [5.74, 6) is 0.145. The number of halogens is 1. The van der Waals surface area contributed by atoms with E-state index in [0.29, 0.717) is 22.7 Å². The van der Waals surface area contributed by atoms with Crippen molar-refractivity contribution in [1.82, 2.24) is 0 Å². The van der Waals surface area contributed by atoms with E-state index < -0.39 is 5.91 Å². The summed E-state index contributed by atoms with van der Waals surface area (Å²) in [7, 11) is 1.51. The molecule has 3 aromatic carbocycles. The number of rotatable bonds is 8. The number of amides is 1. The lowest BCUT2D eigenvalue weighted by Gasteiger charge is -2.12. The maximum Gasteiger partial charge on any atom is 0.266 e. The Morgan fingerprint density at radius 1 is 1.03 bits per heavy atom. The molecule has 0 radical (unpaired) electrons. The van der Waals surface area contributed by atoms with Gasteiger partial charge in [-0.1, -0.05) is 37.3 Å². The Hall–Kier alpha value is -4.11. The van der Waals surface area contributed by atoms with Gasteiger partial charge in [-0.15, -0.1) is 0 Å². The fourth-order valence-electron chi connectivity index (χ4n) is 2.97. The van der Waals surface area contributed by atoms with Gasteiger partial charge in [-0.05, 0) is 65.6 Å². The summed E-state index contributed by atoms with van der Waals surface area (Å²) in [6.07, 6.45) is 2.39. The molecule has 1 amide bonds. The highest BCUT2D eigenvalue weighted by Crippen LogP contribution is 2.30. The molecule has 162 valence electrons. The largest absolute Gasteiger partial charge is 0.493 e. The Bertz CT molecular complexity index is 1150. The quantitative estimate of drug-likeness (QED) is 0.377. The van der Waals surface area contributed by atoms with E-state index in [2.05, 4.69) is 12.2 Å². The van der Waals surface area contributed by atoms with Crippen LogP contribution in [0.15, 0.2) is 72.3 Å². The van der Waals surface area contributed by atoms with Gasteiger partial charge in [0.2, 0.25) is 0 Å². The molecule has 3 aromatic rings. The second-order valence-electron chi connectivity index (χ2n) is 7.00. The lowest BCUT2D eigenvalue weighted by atomic mass is 10.1. The Balaban J connectivity index is 1.72. The molecule has 0 aliphatic heterocycles. The first kappa shape index (κ1) is 22.6. The number of hydrogen-bond acceptors (Lipinski definition) is 4. The van der Waals surface area contributed by atoms with Crippen LogP contribution in [0, 0.1) is 17.1 Å². The van der Waals surface area contributed by atoms with E-state index in [0.717, 1.165) is 17.5 Å². The number of aryl methyl sites for hydroxylation is 1. The fraction of sp³-hybridized carbons (Fsp3) is 0.154. The van der Waals surface area contributed by atoms with Crippen LogP contribution in [0.1, 0.15) is 23.6 Å². The van der Waals surface area contributed by atoms with Gasteiger partial charge in [0, 0.05) is 5.69 Å². The van der Waals surface area contributed by atoms with Crippen LogP contribution in [0.25, 0.3) is 6.08 Å². The lowest BCUT2D eigenvalue weighted by molar-refractivity contribution is -0.112. The zero-order valence-corrected chi connectivity index (χ0v) is 17.9. The minimum absolute atomic E-state index is 0.0356. The van der Waals surface area contributed by atoms with E-state index >= 15 is 0 Å². The molecule has 0 heterocycles. The number of nitrogens with one attached hydrogen (secondary N) is 1. The molecule has 5 nitrogen and oxygen atoms in total. The molecule has 0 saturated carbocycles. The van der Waals surface area contributed by atoms with E-state index in [1.54, 1.807) is 30.3 Å². The summed E-state index contributed by atoms with van der Waals surface area (Å²) in [6, 6.07) is 20.6. The summed E-state index contributed by atoms with van der Waals surface area (Å²) in [5.41, 5.74) is 3.17. The van der Waals surface area contributed by atoms with Crippen molar-refractivity contribution < 1.29 is 18.7 Å². The monoisotopic (exact) mass is 430 g/mol. The van der Waals surface area contributed by atoms with Gasteiger partial charge in [-0.2, -0.15) is 5.26 Å². The number of benzene rings is 3. The minimum Gasteiger partial charge on any atom is -0.493 e. The second kappa shape index (κ2) is 10.8. The van der Waals surface area contributed by atoms with Gasteiger partial charge in [-0.25, -0.2) is 4.39 Å². The van der Waals surface area contributed by atoms with Gasteiger partial charge in [-0.3, -0.25) is 4.79 Å². The number of ether oxygens (including phenoxy) is 2. The first-order valence-electron chi connectivity index (χ1n) is 10.1. The first-order valence-corrected chi connectivity index (χ1v) is 10.1. The van der Waals surface area contributed by atoms with Crippen LogP contribution in [0.4, 0.5) is 10.1 Å². The van der Waals surface area contributed by atoms with Crippen LogP contribution in [-0.2, 0) is 17.8 Å². The summed E-state index contributed by atoms with van der Waals surface area (Å²) < 4.78 is 24.2. The molecule has 1 N–H and O–H groups in total. The van der Waals surface area contributed by atoms with E-state index in [9.17, 15) is 14.4 Å². The van der Waals surface area contributed by atoms with Gasteiger partial charge in [0.1, 0.15) is 24.1 Å². The van der Waals surface area contributed by atoms with Crippen molar-refractivity contribution in [2.75, 3.05) is 12.4 Å². The average Bonchev–Trinajstić information content (AvgIpc) is 2.82. The molecule has 3 rings (SSSR count). The minimum atomic E-state index is -0.493. The van der Waals surface area contributed by atoms with Gasteiger partial charge in [0.15, 0.2) is 11.5 Å². The van der Waals surface area contributed by atoms with Gasteiger partial charge < -0.3 is 14.8 Å². The number of carbonyl (C=O) groups is 1. The SMILES string of the molecule is CCc1ccc(NC(=O)/C(C#N)=C\c2ccc(OCc3ccc(F)cc3)c(OC)c2)cc1. The number of nitriles is 1. The van der Waals surface area contributed by atoms with Crippen LogP contribution < -0.4 is 14.8 Å². The van der Waals surface area contributed by atoms with Crippen molar-refractivity contribution in [3.05, 3.63) is 94.8 Å². The molecule has 0 spiro atoms. The van der Waals surface area contributed by atoms with Crippen molar-refractivity contribution in [2.24, 2.45) is 0 Å². The first-order chi connectivity index (χ1) is 15.5. The Morgan fingerprint density at radius 2 is 1.72 bits per heavy atom. The summed E-state index contributed by atoms with van der Waals surface area (Å²) in [6.45, 7) is 2.30. The summed E-state index contributed by atoms with van der Waals surface area (Å²) in [5, 5.41) is 12.2. The van der Waals surface area contributed by atoms with Crippen molar-refractivity contribution in [3.63, 3.8) is 0 Å². The van der Waals surface area contributed by atoms with Gasteiger partial charge in [0.05, 0.1) is 7.11 Å². The van der Waals surface area contributed by atoms with Crippen molar-refractivity contribution >= 4 is 17.7 Å². The highest BCUT2D eigenvalue weighted by molar-refractivity contribution is 6.09. The third kappa shape index (κ3) is 5.96. The lowest BCUT2D eigenvalue weighted by Crippen LogP contribution is -2.13. The summed E-state index contributed by atoms with van der Waals surface area (Å²) >= 11 is 0. The topological polar surface area (TPSA) is 71.4 Å². The predicted octanol–water partition coefficient (Wildman–Crippen LogP) is 5.52. The molecule has 0 saturated heterocycles. The third-order valence-electron chi connectivity index (χ3n) is 4.79. The molecule has 0 atom stereocenters. The van der Waals surface area contributed by atoms with Crippen molar-refractivity contribution in [2.45, 2.75) is 20.0 Å². The zero-order chi connectivity index (χ0) is 22.9. The molecule has 0 aliphatic rings. The normalized spacial score (nSPS) is 10.9. The number of carbonyl (C=O) groups excluding carboxylic acids is 1. The number of nitrogens with zero attached hydrogens (tertiary/aromatic N) is 1. The van der Waals surface area contributed by atoms with Crippen LogP contribution in [-0.4, -0.2) is 13.0 Å². The standard InChI is InChI=1S/C26H23FN2O3/c1-3-18-6-11-23(12-7-18)29-26(30)21(16-28)14-20-8-13-24(25(15-20)31-2)32-17-19-4-9-22(27)10-5-19/h4-15H,3,17H2,1-2H3,(H,29,30)/b21-14-. The van der Waals surface area contributed by atoms with Crippen molar-refractivity contribution in [1.29, 1.82) is 5.26 Å². The maximum atomic E-state index is 13.0. The smallest absolute Gasteiger partial charge is 0.266 e. The molecule has 0 unspecified atom stereocenters. The molecular weight excluding hydrogens is 407 g/mol. The van der Waals surface area contributed by atoms with Gasteiger partial charge in [0.25, 0.3) is 5.91 Å². The van der Waals surface area contributed by atoms with Crippen LogP contribution in [0.3, 0.4) is 0 Å². The maximum absolute atomic E-state index is 13.0.